The number of hydrogen-bond acceptors (Lipinski definition) is 1. The van der Waals surface area contributed by atoms with E-state index in [2.05, 4.69) is 52.4 Å². The van der Waals surface area contributed by atoms with Crippen LogP contribution in [0.25, 0.3) is 0 Å². The molecule has 0 spiro atoms. The Morgan fingerprint density at radius 1 is 1.05 bits per heavy atom. The fraction of sp³-hybridized carbons (Fsp3) is 0.250. The van der Waals surface area contributed by atoms with Crippen LogP contribution in [0.4, 0.5) is 0 Å². The summed E-state index contributed by atoms with van der Waals surface area (Å²) < 4.78 is 1.10. The topological polar surface area (TPSA) is 12.0 Å². The van der Waals surface area contributed by atoms with Gasteiger partial charge in [-0.15, -0.1) is 0 Å². The smallest absolute Gasteiger partial charge is 0.0465 e. The summed E-state index contributed by atoms with van der Waals surface area (Å²) in [6, 6.07) is 14.3. The highest BCUT2D eigenvalue weighted by molar-refractivity contribution is 9.10. The summed E-state index contributed by atoms with van der Waals surface area (Å²) in [6.07, 6.45) is 0.968. The summed E-state index contributed by atoms with van der Waals surface area (Å²) in [7, 11) is 0. The highest BCUT2D eigenvalue weighted by Gasteiger charge is 2.08. The van der Waals surface area contributed by atoms with Gasteiger partial charge in [0.1, 0.15) is 0 Å². The van der Waals surface area contributed by atoms with Crippen molar-refractivity contribution in [3.63, 3.8) is 0 Å². The van der Waals surface area contributed by atoms with Gasteiger partial charge in [-0.1, -0.05) is 57.3 Å². The first-order valence-corrected chi connectivity index (χ1v) is 8.02. The van der Waals surface area contributed by atoms with Gasteiger partial charge in [0.15, 0.2) is 0 Å². The largest absolute Gasteiger partial charge is 0.310 e. The second kappa shape index (κ2) is 7.46. The molecule has 2 aromatic carbocycles. The molecule has 2 aromatic rings. The molecule has 0 fully saturated rings. The molecule has 0 saturated heterocycles. The number of nitrogens with one attached hydrogen (secondary N) is 1. The Hall–Kier alpha value is -0.540. The molecular formula is C16H16BrCl2N. The van der Waals surface area contributed by atoms with Crippen LogP contribution in [0.2, 0.25) is 10.0 Å². The molecule has 106 valence electrons. The number of rotatable bonds is 5. The molecule has 0 aliphatic carbocycles. The molecule has 0 heterocycles. The molecule has 1 N–H and O–H groups in total. The van der Waals surface area contributed by atoms with Crippen LogP contribution < -0.4 is 5.32 Å². The first-order valence-electron chi connectivity index (χ1n) is 6.47. The quantitative estimate of drug-likeness (QED) is 0.732. The second-order valence-corrected chi connectivity index (χ2v) is 6.54. The first-order chi connectivity index (χ1) is 9.56. The monoisotopic (exact) mass is 371 g/mol. The first kappa shape index (κ1) is 15.8. The molecule has 0 saturated carbocycles. The summed E-state index contributed by atoms with van der Waals surface area (Å²) in [4.78, 5) is 0. The third kappa shape index (κ3) is 4.49. The van der Waals surface area contributed by atoms with E-state index in [1.165, 1.54) is 5.56 Å². The van der Waals surface area contributed by atoms with Gasteiger partial charge in [0.05, 0.1) is 0 Å². The lowest BCUT2D eigenvalue weighted by atomic mass is 10.1. The van der Waals surface area contributed by atoms with Crippen LogP contribution in [-0.4, -0.2) is 6.04 Å². The number of benzene rings is 2. The van der Waals surface area contributed by atoms with E-state index in [1.807, 2.05) is 18.2 Å². The Balaban J connectivity index is 1.92. The van der Waals surface area contributed by atoms with Gasteiger partial charge in [0.2, 0.25) is 0 Å². The van der Waals surface area contributed by atoms with Gasteiger partial charge in [0, 0.05) is 32.7 Å². The van der Waals surface area contributed by atoms with Crippen molar-refractivity contribution in [1.82, 2.24) is 5.32 Å². The van der Waals surface area contributed by atoms with Crippen LogP contribution >= 0.6 is 39.1 Å². The van der Waals surface area contributed by atoms with Crippen LogP contribution in [0, 0.1) is 0 Å². The molecule has 0 radical (unpaired) electrons. The van der Waals surface area contributed by atoms with E-state index < -0.39 is 0 Å². The molecule has 0 aliphatic heterocycles. The number of halogens is 3. The fourth-order valence-corrected chi connectivity index (χ4v) is 2.82. The standard InChI is InChI=1S/C16H16BrCl2N/c1-11(9-12-5-7-13(17)8-6-12)20-10-14-15(18)3-2-4-16(14)19/h2-8,11,20H,9-10H2,1H3. The van der Waals surface area contributed by atoms with Crippen LogP contribution in [0.1, 0.15) is 18.1 Å². The zero-order valence-electron chi connectivity index (χ0n) is 11.2. The molecule has 0 aromatic heterocycles. The molecular weight excluding hydrogens is 357 g/mol. The van der Waals surface area contributed by atoms with Gasteiger partial charge in [-0.2, -0.15) is 0 Å². The van der Waals surface area contributed by atoms with Crippen LogP contribution in [-0.2, 0) is 13.0 Å². The normalized spacial score (nSPS) is 12.4. The fourth-order valence-electron chi connectivity index (χ4n) is 2.02. The lowest BCUT2D eigenvalue weighted by Gasteiger charge is -2.15. The highest BCUT2D eigenvalue weighted by atomic mass is 79.9. The van der Waals surface area contributed by atoms with Gasteiger partial charge in [-0.3, -0.25) is 0 Å². The summed E-state index contributed by atoms with van der Waals surface area (Å²) >= 11 is 15.8. The molecule has 0 amide bonds. The molecule has 1 nitrogen and oxygen atoms in total. The van der Waals surface area contributed by atoms with Gasteiger partial charge >= 0.3 is 0 Å². The van der Waals surface area contributed by atoms with E-state index in [0.29, 0.717) is 22.6 Å². The summed E-state index contributed by atoms with van der Waals surface area (Å²) in [5, 5.41) is 4.88. The molecule has 20 heavy (non-hydrogen) atoms. The van der Waals surface area contributed by atoms with E-state index in [0.717, 1.165) is 16.5 Å². The maximum atomic E-state index is 6.16. The van der Waals surface area contributed by atoms with Gasteiger partial charge < -0.3 is 5.32 Å². The van der Waals surface area contributed by atoms with Crippen molar-refractivity contribution >= 4 is 39.1 Å². The van der Waals surface area contributed by atoms with Crippen LogP contribution in [0.5, 0.6) is 0 Å². The second-order valence-electron chi connectivity index (χ2n) is 4.81. The lowest BCUT2D eigenvalue weighted by molar-refractivity contribution is 0.545. The van der Waals surface area contributed by atoms with E-state index >= 15 is 0 Å². The Labute approximate surface area is 138 Å². The van der Waals surface area contributed by atoms with Gasteiger partial charge in [-0.25, -0.2) is 0 Å². The van der Waals surface area contributed by atoms with Crippen LogP contribution in [0.3, 0.4) is 0 Å². The van der Waals surface area contributed by atoms with E-state index in [-0.39, 0.29) is 0 Å². The van der Waals surface area contributed by atoms with Crippen molar-refractivity contribution in [2.75, 3.05) is 0 Å². The van der Waals surface area contributed by atoms with Gasteiger partial charge in [0.25, 0.3) is 0 Å². The molecule has 4 heteroatoms. The molecule has 2 rings (SSSR count). The highest BCUT2D eigenvalue weighted by Crippen LogP contribution is 2.24. The summed E-state index contributed by atoms with van der Waals surface area (Å²) in [6.45, 7) is 2.84. The molecule has 1 unspecified atom stereocenters. The van der Waals surface area contributed by atoms with Crippen molar-refractivity contribution in [3.05, 3.63) is 68.1 Å². The maximum absolute atomic E-state index is 6.16. The van der Waals surface area contributed by atoms with Crippen LogP contribution in [0.15, 0.2) is 46.9 Å². The summed E-state index contributed by atoms with van der Waals surface area (Å²) in [5.41, 5.74) is 2.26. The van der Waals surface area contributed by atoms with E-state index in [4.69, 9.17) is 23.2 Å². The zero-order chi connectivity index (χ0) is 14.5. The molecule has 1 atom stereocenters. The van der Waals surface area contributed by atoms with E-state index in [1.54, 1.807) is 0 Å². The maximum Gasteiger partial charge on any atom is 0.0465 e. The van der Waals surface area contributed by atoms with Crippen molar-refractivity contribution in [3.8, 4) is 0 Å². The SMILES string of the molecule is CC(Cc1ccc(Br)cc1)NCc1c(Cl)cccc1Cl. The summed E-state index contributed by atoms with van der Waals surface area (Å²) in [5.74, 6) is 0. The lowest BCUT2D eigenvalue weighted by Crippen LogP contribution is -2.27. The Morgan fingerprint density at radius 3 is 2.25 bits per heavy atom. The molecule has 0 aliphatic rings. The molecule has 0 bridgehead atoms. The van der Waals surface area contributed by atoms with Crippen molar-refractivity contribution in [2.45, 2.75) is 25.9 Å². The van der Waals surface area contributed by atoms with Gasteiger partial charge in [-0.05, 0) is 43.2 Å². The Morgan fingerprint density at radius 2 is 1.65 bits per heavy atom. The zero-order valence-corrected chi connectivity index (χ0v) is 14.3. The minimum absolute atomic E-state index is 0.350. The van der Waals surface area contributed by atoms with Crippen molar-refractivity contribution < 1.29 is 0 Å². The Kier molecular flexibility index (Phi) is 5.91. The van der Waals surface area contributed by atoms with Crippen molar-refractivity contribution in [2.24, 2.45) is 0 Å². The average Bonchev–Trinajstić information content (AvgIpc) is 2.41. The van der Waals surface area contributed by atoms with Crippen molar-refractivity contribution in [1.29, 1.82) is 0 Å². The minimum atomic E-state index is 0.350. The predicted molar refractivity (Wildman–Crippen MR) is 90.6 cm³/mol. The predicted octanol–water partition coefficient (Wildman–Crippen LogP) is 5.48. The van der Waals surface area contributed by atoms with E-state index in [9.17, 15) is 0 Å². The minimum Gasteiger partial charge on any atom is -0.310 e. The third-order valence-corrected chi connectivity index (χ3v) is 4.38. The Bertz CT molecular complexity index is 549. The third-order valence-electron chi connectivity index (χ3n) is 3.14. The average molecular weight is 373 g/mol. The number of hydrogen-bond donors (Lipinski definition) is 1.